The first-order valence-electron chi connectivity index (χ1n) is 6.31. The standard InChI is InChI=1S/C14H16BrNO5/c15-11-1-2-12-9(4-11)3-10(5-21-12)13(20)16-14(6-17,7-18)8-19/h1-4,17-19H,5-8H2,(H,16,20). The molecule has 0 fully saturated rings. The van der Waals surface area contributed by atoms with Crippen molar-refractivity contribution in [2.45, 2.75) is 5.54 Å². The minimum atomic E-state index is -1.45. The van der Waals surface area contributed by atoms with Crippen molar-refractivity contribution in [2.75, 3.05) is 26.4 Å². The zero-order chi connectivity index (χ0) is 15.5. The maximum absolute atomic E-state index is 12.2. The van der Waals surface area contributed by atoms with E-state index in [4.69, 9.17) is 4.74 Å². The minimum Gasteiger partial charge on any atom is -0.488 e. The molecule has 0 aromatic heterocycles. The van der Waals surface area contributed by atoms with Gasteiger partial charge in [-0.2, -0.15) is 0 Å². The van der Waals surface area contributed by atoms with Gasteiger partial charge < -0.3 is 25.4 Å². The highest BCUT2D eigenvalue weighted by molar-refractivity contribution is 9.10. The quantitative estimate of drug-likeness (QED) is 0.597. The van der Waals surface area contributed by atoms with E-state index in [0.29, 0.717) is 11.3 Å². The van der Waals surface area contributed by atoms with Crippen molar-refractivity contribution in [2.24, 2.45) is 0 Å². The molecule has 0 atom stereocenters. The van der Waals surface area contributed by atoms with Gasteiger partial charge in [0, 0.05) is 10.0 Å². The van der Waals surface area contributed by atoms with Gasteiger partial charge in [0.15, 0.2) is 0 Å². The van der Waals surface area contributed by atoms with Crippen LogP contribution in [-0.2, 0) is 4.79 Å². The second kappa shape index (κ2) is 6.57. The number of carbonyl (C=O) groups excluding carboxylic acids is 1. The number of halogens is 1. The van der Waals surface area contributed by atoms with E-state index >= 15 is 0 Å². The second-order valence-electron chi connectivity index (χ2n) is 4.85. The normalized spacial score (nSPS) is 14.0. The molecule has 0 radical (unpaired) electrons. The Morgan fingerprint density at radius 2 is 1.95 bits per heavy atom. The number of ether oxygens (including phenoxy) is 1. The molecule has 1 aromatic carbocycles. The molecule has 1 aliphatic heterocycles. The van der Waals surface area contributed by atoms with E-state index in [0.717, 1.165) is 10.0 Å². The van der Waals surface area contributed by atoms with Crippen molar-refractivity contribution in [1.29, 1.82) is 0 Å². The van der Waals surface area contributed by atoms with Crippen molar-refractivity contribution in [3.8, 4) is 5.75 Å². The summed E-state index contributed by atoms with van der Waals surface area (Å²) in [6, 6.07) is 5.45. The molecule has 0 bridgehead atoms. The van der Waals surface area contributed by atoms with E-state index in [1.807, 2.05) is 12.1 Å². The summed E-state index contributed by atoms with van der Waals surface area (Å²) in [4.78, 5) is 12.2. The first kappa shape index (κ1) is 16.0. The topological polar surface area (TPSA) is 99.0 Å². The van der Waals surface area contributed by atoms with E-state index in [1.165, 1.54) is 0 Å². The molecule has 0 spiro atoms. The molecule has 1 amide bonds. The van der Waals surface area contributed by atoms with Crippen molar-refractivity contribution in [3.63, 3.8) is 0 Å². The summed E-state index contributed by atoms with van der Waals surface area (Å²) in [6.45, 7) is -1.62. The van der Waals surface area contributed by atoms with Crippen molar-refractivity contribution in [1.82, 2.24) is 5.32 Å². The van der Waals surface area contributed by atoms with Gasteiger partial charge in [0.05, 0.1) is 25.4 Å². The van der Waals surface area contributed by atoms with Gasteiger partial charge in [-0.3, -0.25) is 4.79 Å². The van der Waals surface area contributed by atoms with E-state index in [1.54, 1.807) is 12.1 Å². The molecular formula is C14H16BrNO5. The third-order valence-electron chi connectivity index (χ3n) is 3.26. The van der Waals surface area contributed by atoms with Crippen LogP contribution in [0.2, 0.25) is 0 Å². The zero-order valence-corrected chi connectivity index (χ0v) is 12.8. The molecule has 7 heteroatoms. The van der Waals surface area contributed by atoms with Gasteiger partial charge in [-0.1, -0.05) is 15.9 Å². The number of carbonyl (C=O) groups is 1. The predicted octanol–water partition coefficient (Wildman–Crippen LogP) is 0.0568. The molecule has 114 valence electrons. The van der Waals surface area contributed by atoms with E-state index in [2.05, 4.69) is 21.2 Å². The Kier molecular flexibility index (Phi) is 5.00. The van der Waals surface area contributed by atoms with Crippen LogP contribution in [0.25, 0.3) is 6.08 Å². The summed E-state index contributed by atoms with van der Waals surface area (Å²) in [7, 11) is 0. The number of hydrogen-bond donors (Lipinski definition) is 4. The Balaban J connectivity index is 2.21. The van der Waals surface area contributed by atoms with Gasteiger partial charge in [-0.05, 0) is 24.3 Å². The predicted molar refractivity (Wildman–Crippen MR) is 79.7 cm³/mol. The van der Waals surface area contributed by atoms with Crippen LogP contribution in [0.15, 0.2) is 28.2 Å². The highest BCUT2D eigenvalue weighted by atomic mass is 79.9. The molecule has 1 aliphatic rings. The maximum Gasteiger partial charge on any atom is 0.251 e. The van der Waals surface area contributed by atoms with Gasteiger partial charge in [0.25, 0.3) is 5.91 Å². The van der Waals surface area contributed by atoms with Gasteiger partial charge in [0.1, 0.15) is 17.9 Å². The molecule has 0 saturated heterocycles. The number of hydrogen-bond acceptors (Lipinski definition) is 5. The third-order valence-corrected chi connectivity index (χ3v) is 3.76. The van der Waals surface area contributed by atoms with E-state index in [-0.39, 0.29) is 6.61 Å². The SMILES string of the molecule is O=C(NC(CO)(CO)CO)C1=Cc2cc(Br)ccc2OC1. The highest BCUT2D eigenvalue weighted by Gasteiger charge is 2.31. The number of fused-ring (bicyclic) bond motifs is 1. The van der Waals surface area contributed by atoms with Crippen LogP contribution in [0.1, 0.15) is 5.56 Å². The van der Waals surface area contributed by atoms with Crippen LogP contribution in [0, 0.1) is 0 Å². The van der Waals surface area contributed by atoms with Gasteiger partial charge in [0.2, 0.25) is 0 Å². The van der Waals surface area contributed by atoms with Crippen LogP contribution < -0.4 is 10.1 Å². The van der Waals surface area contributed by atoms with Crippen LogP contribution in [0.3, 0.4) is 0 Å². The first-order chi connectivity index (χ1) is 10.0. The molecule has 4 N–H and O–H groups in total. The summed E-state index contributed by atoms with van der Waals surface area (Å²) in [5.74, 6) is 0.172. The van der Waals surface area contributed by atoms with Crippen LogP contribution >= 0.6 is 15.9 Å². The highest BCUT2D eigenvalue weighted by Crippen LogP contribution is 2.29. The molecule has 1 heterocycles. The Morgan fingerprint density at radius 3 is 2.57 bits per heavy atom. The molecule has 1 aromatic rings. The van der Waals surface area contributed by atoms with Crippen molar-refractivity contribution < 1.29 is 24.9 Å². The Labute approximate surface area is 130 Å². The minimum absolute atomic E-state index is 0.0822. The average molecular weight is 358 g/mol. The molecule has 6 nitrogen and oxygen atoms in total. The fourth-order valence-corrected chi connectivity index (χ4v) is 2.25. The smallest absolute Gasteiger partial charge is 0.251 e. The summed E-state index contributed by atoms with van der Waals surface area (Å²) in [5.41, 5.74) is -0.348. The van der Waals surface area contributed by atoms with E-state index in [9.17, 15) is 20.1 Å². The number of amides is 1. The first-order valence-corrected chi connectivity index (χ1v) is 7.11. The van der Waals surface area contributed by atoms with Crippen LogP contribution in [0.4, 0.5) is 0 Å². The van der Waals surface area contributed by atoms with Crippen molar-refractivity contribution in [3.05, 3.63) is 33.8 Å². The lowest BCUT2D eigenvalue weighted by Gasteiger charge is -2.29. The molecule has 0 unspecified atom stereocenters. The number of aliphatic hydroxyl groups excluding tert-OH is 3. The number of rotatable bonds is 5. The van der Waals surface area contributed by atoms with Gasteiger partial charge in [-0.25, -0.2) is 0 Å². The molecule has 0 saturated carbocycles. The fraction of sp³-hybridized carbons (Fsp3) is 0.357. The fourth-order valence-electron chi connectivity index (χ4n) is 1.87. The molecular weight excluding hydrogens is 342 g/mol. The Bertz CT molecular complexity index is 560. The summed E-state index contributed by atoms with van der Waals surface area (Å²) < 4.78 is 6.35. The number of nitrogens with one attached hydrogen (secondary N) is 1. The van der Waals surface area contributed by atoms with Crippen molar-refractivity contribution >= 4 is 27.9 Å². The largest absolute Gasteiger partial charge is 0.488 e. The lowest BCUT2D eigenvalue weighted by Crippen LogP contribution is -2.57. The Morgan fingerprint density at radius 1 is 1.29 bits per heavy atom. The lowest BCUT2D eigenvalue weighted by molar-refractivity contribution is -0.122. The summed E-state index contributed by atoms with van der Waals surface area (Å²) in [6.07, 6.45) is 1.68. The average Bonchev–Trinajstić information content (AvgIpc) is 2.51. The number of benzene rings is 1. The molecule has 21 heavy (non-hydrogen) atoms. The monoisotopic (exact) mass is 357 g/mol. The van der Waals surface area contributed by atoms with Crippen LogP contribution in [0.5, 0.6) is 5.75 Å². The molecule has 0 aliphatic carbocycles. The maximum atomic E-state index is 12.2. The van der Waals surface area contributed by atoms with Gasteiger partial charge >= 0.3 is 0 Å². The second-order valence-corrected chi connectivity index (χ2v) is 5.76. The number of aliphatic hydroxyl groups is 3. The van der Waals surface area contributed by atoms with Crippen LogP contribution in [-0.4, -0.2) is 53.2 Å². The van der Waals surface area contributed by atoms with Gasteiger partial charge in [-0.15, -0.1) is 0 Å². The Hall–Kier alpha value is -1.41. The summed E-state index contributed by atoms with van der Waals surface area (Å²) >= 11 is 3.35. The summed E-state index contributed by atoms with van der Waals surface area (Å²) in [5, 5.41) is 30.1. The molecule has 2 rings (SSSR count). The zero-order valence-electron chi connectivity index (χ0n) is 11.2. The lowest BCUT2D eigenvalue weighted by atomic mass is 10.0. The van der Waals surface area contributed by atoms with E-state index < -0.39 is 31.3 Å². The third kappa shape index (κ3) is 3.44.